The second-order valence-electron chi connectivity index (χ2n) is 6.65. The number of carbonyl (C=O) groups excluding carboxylic acids is 1. The van der Waals surface area contributed by atoms with Crippen LogP contribution < -0.4 is 0 Å². The largest absolute Gasteiger partial charge is 0.340 e. The zero-order valence-electron chi connectivity index (χ0n) is 14.4. The third-order valence-electron chi connectivity index (χ3n) is 4.12. The van der Waals surface area contributed by atoms with Crippen molar-refractivity contribution in [3.63, 3.8) is 0 Å². The summed E-state index contributed by atoms with van der Waals surface area (Å²) in [5.74, 6) is 0.433. The van der Waals surface area contributed by atoms with Gasteiger partial charge in [-0.1, -0.05) is 31.5 Å². The summed E-state index contributed by atoms with van der Waals surface area (Å²) < 4.78 is 27.1. The zero-order chi connectivity index (χ0) is 17.2. The highest BCUT2D eigenvalue weighted by Gasteiger charge is 2.30. The van der Waals surface area contributed by atoms with E-state index in [1.54, 1.807) is 11.0 Å². The van der Waals surface area contributed by atoms with E-state index in [1.807, 2.05) is 39.8 Å². The van der Waals surface area contributed by atoms with Crippen LogP contribution in [0.15, 0.2) is 23.1 Å². The molecule has 0 bridgehead atoms. The fraction of sp³-hybridized carbons (Fsp3) is 0.588. The van der Waals surface area contributed by atoms with Gasteiger partial charge in [0.1, 0.15) is 0 Å². The molecule has 0 saturated carbocycles. The van der Waals surface area contributed by atoms with Crippen molar-refractivity contribution in [2.24, 2.45) is 5.92 Å². The van der Waals surface area contributed by atoms with Gasteiger partial charge >= 0.3 is 0 Å². The summed E-state index contributed by atoms with van der Waals surface area (Å²) in [6.07, 6.45) is 0.518. The third kappa shape index (κ3) is 4.12. The molecule has 0 radical (unpaired) electrons. The van der Waals surface area contributed by atoms with Crippen molar-refractivity contribution < 1.29 is 13.2 Å². The number of carbonyl (C=O) groups is 1. The standard InChI is InChI=1S/C17H26N2O3S/c1-13(2)11-17(20)18-7-9-19(10-8-18)23(21,22)16-6-5-14(3)12-15(16)4/h5-6,12-13H,7-11H2,1-4H3. The number of amides is 1. The first kappa shape index (κ1) is 17.9. The van der Waals surface area contributed by atoms with Crippen LogP contribution >= 0.6 is 0 Å². The molecule has 1 aromatic rings. The minimum atomic E-state index is -3.49. The minimum absolute atomic E-state index is 0.114. The number of piperazine rings is 1. The molecule has 0 aromatic heterocycles. The van der Waals surface area contributed by atoms with Crippen LogP contribution in [0.5, 0.6) is 0 Å². The Balaban J connectivity index is 2.08. The van der Waals surface area contributed by atoms with E-state index in [2.05, 4.69) is 0 Å². The van der Waals surface area contributed by atoms with Gasteiger partial charge < -0.3 is 4.90 Å². The highest BCUT2D eigenvalue weighted by molar-refractivity contribution is 7.89. The highest BCUT2D eigenvalue weighted by Crippen LogP contribution is 2.22. The number of hydrogen-bond acceptors (Lipinski definition) is 3. The second kappa shape index (κ2) is 7.01. The van der Waals surface area contributed by atoms with Gasteiger partial charge in [0.25, 0.3) is 0 Å². The molecule has 2 rings (SSSR count). The molecule has 0 atom stereocenters. The van der Waals surface area contributed by atoms with Gasteiger partial charge in [0.05, 0.1) is 4.90 Å². The van der Waals surface area contributed by atoms with Crippen LogP contribution in [0.1, 0.15) is 31.4 Å². The quantitative estimate of drug-likeness (QED) is 0.845. The summed E-state index contributed by atoms with van der Waals surface area (Å²) in [4.78, 5) is 14.2. The molecular weight excluding hydrogens is 312 g/mol. The van der Waals surface area contributed by atoms with Crippen LogP contribution in [0, 0.1) is 19.8 Å². The number of benzene rings is 1. The molecule has 1 heterocycles. The predicted octanol–water partition coefficient (Wildman–Crippen LogP) is 2.18. The van der Waals surface area contributed by atoms with E-state index in [4.69, 9.17) is 0 Å². The maximum atomic E-state index is 12.8. The first-order valence-corrected chi connectivity index (χ1v) is 9.51. The van der Waals surface area contributed by atoms with Gasteiger partial charge in [0.15, 0.2) is 0 Å². The van der Waals surface area contributed by atoms with E-state index in [1.165, 1.54) is 4.31 Å². The first-order valence-electron chi connectivity index (χ1n) is 8.07. The van der Waals surface area contributed by atoms with Gasteiger partial charge in [-0.2, -0.15) is 4.31 Å². The molecule has 23 heavy (non-hydrogen) atoms. The Morgan fingerprint density at radius 1 is 1.13 bits per heavy atom. The van der Waals surface area contributed by atoms with Crippen molar-refractivity contribution in [3.05, 3.63) is 29.3 Å². The molecule has 0 spiro atoms. The van der Waals surface area contributed by atoms with Crippen molar-refractivity contribution in [3.8, 4) is 0 Å². The SMILES string of the molecule is Cc1ccc(S(=O)(=O)N2CCN(C(=O)CC(C)C)CC2)c(C)c1. The van der Waals surface area contributed by atoms with Gasteiger partial charge in [-0.25, -0.2) is 8.42 Å². The van der Waals surface area contributed by atoms with E-state index >= 15 is 0 Å². The van der Waals surface area contributed by atoms with Gasteiger partial charge in [-0.3, -0.25) is 4.79 Å². The Kier molecular flexibility index (Phi) is 5.47. The fourth-order valence-corrected chi connectivity index (χ4v) is 4.51. The predicted molar refractivity (Wildman–Crippen MR) is 90.7 cm³/mol. The molecule has 1 aliphatic rings. The van der Waals surface area contributed by atoms with E-state index < -0.39 is 10.0 Å². The smallest absolute Gasteiger partial charge is 0.243 e. The van der Waals surface area contributed by atoms with E-state index in [0.29, 0.717) is 43.4 Å². The van der Waals surface area contributed by atoms with Gasteiger partial charge in [-0.05, 0) is 31.4 Å². The Hall–Kier alpha value is -1.40. The van der Waals surface area contributed by atoms with E-state index in [-0.39, 0.29) is 5.91 Å². The Bertz CT molecular complexity index is 675. The number of hydrogen-bond donors (Lipinski definition) is 0. The maximum absolute atomic E-state index is 12.8. The number of nitrogens with zero attached hydrogens (tertiary/aromatic N) is 2. The van der Waals surface area contributed by atoms with Crippen LogP contribution in [0.3, 0.4) is 0 Å². The molecule has 0 unspecified atom stereocenters. The molecular formula is C17H26N2O3S. The first-order chi connectivity index (χ1) is 10.7. The third-order valence-corrected chi connectivity index (χ3v) is 6.18. The molecule has 0 aliphatic carbocycles. The molecule has 5 nitrogen and oxygen atoms in total. The van der Waals surface area contributed by atoms with Crippen molar-refractivity contribution in [2.75, 3.05) is 26.2 Å². The molecule has 128 valence electrons. The van der Waals surface area contributed by atoms with Crippen LogP contribution in [-0.4, -0.2) is 49.7 Å². The normalized spacial score (nSPS) is 16.8. The van der Waals surface area contributed by atoms with Crippen LogP contribution in [-0.2, 0) is 14.8 Å². The van der Waals surface area contributed by atoms with E-state index in [9.17, 15) is 13.2 Å². The molecule has 1 amide bonds. The lowest BCUT2D eigenvalue weighted by Crippen LogP contribution is -2.50. The Labute approximate surface area is 139 Å². The number of sulfonamides is 1. The van der Waals surface area contributed by atoms with Crippen molar-refractivity contribution in [1.29, 1.82) is 0 Å². The summed E-state index contributed by atoms with van der Waals surface area (Å²) in [6.45, 7) is 9.45. The van der Waals surface area contributed by atoms with Crippen LogP contribution in [0.4, 0.5) is 0 Å². The molecule has 1 saturated heterocycles. The minimum Gasteiger partial charge on any atom is -0.340 e. The Morgan fingerprint density at radius 3 is 2.26 bits per heavy atom. The summed E-state index contributed by atoms with van der Waals surface area (Å²) in [6, 6.07) is 5.38. The van der Waals surface area contributed by atoms with Gasteiger partial charge in [0, 0.05) is 32.6 Å². The lowest BCUT2D eigenvalue weighted by atomic mass is 10.1. The second-order valence-corrected chi connectivity index (χ2v) is 8.56. The van der Waals surface area contributed by atoms with Crippen molar-refractivity contribution >= 4 is 15.9 Å². The van der Waals surface area contributed by atoms with Crippen LogP contribution in [0.2, 0.25) is 0 Å². The fourth-order valence-electron chi connectivity index (χ4n) is 2.88. The number of rotatable bonds is 4. The lowest BCUT2D eigenvalue weighted by molar-refractivity contribution is -0.133. The summed E-state index contributed by atoms with van der Waals surface area (Å²) in [5, 5.41) is 0. The van der Waals surface area contributed by atoms with Crippen molar-refractivity contribution in [1.82, 2.24) is 9.21 Å². The monoisotopic (exact) mass is 338 g/mol. The molecule has 0 N–H and O–H groups in total. The summed E-state index contributed by atoms with van der Waals surface area (Å²) in [5.41, 5.74) is 1.81. The number of aryl methyl sites for hydroxylation is 2. The average Bonchev–Trinajstić information content (AvgIpc) is 2.46. The topological polar surface area (TPSA) is 57.7 Å². The maximum Gasteiger partial charge on any atom is 0.243 e. The summed E-state index contributed by atoms with van der Waals surface area (Å²) in [7, 11) is -3.49. The molecule has 6 heteroatoms. The molecule has 1 fully saturated rings. The van der Waals surface area contributed by atoms with Crippen LogP contribution in [0.25, 0.3) is 0 Å². The molecule has 1 aliphatic heterocycles. The summed E-state index contributed by atoms with van der Waals surface area (Å²) >= 11 is 0. The molecule has 1 aromatic carbocycles. The Morgan fingerprint density at radius 2 is 1.74 bits per heavy atom. The average molecular weight is 338 g/mol. The van der Waals surface area contributed by atoms with Gasteiger partial charge in [-0.15, -0.1) is 0 Å². The lowest BCUT2D eigenvalue weighted by Gasteiger charge is -2.34. The van der Waals surface area contributed by atoms with Gasteiger partial charge in [0.2, 0.25) is 15.9 Å². The zero-order valence-corrected chi connectivity index (χ0v) is 15.2. The highest BCUT2D eigenvalue weighted by atomic mass is 32.2. The van der Waals surface area contributed by atoms with Crippen molar-refractivity contribution in [2.45, 2.75) is 39.0 Å². The van der Waals surface area contributed by atoms with E-state index in [0.717, 1.165) is 11.1 Å².